The maximum Gasteiger partial charge on any atom is 0.419 e. The normalized spacial score (nSPS) is 15.4. The number of hydrogen-bond donors (Lipinski definition) is 1. The molecule has 1 aliphatic rings. The largest absolute Gasteiger partial charge is 0.496 e. The van der Waals surface area contributed by atoms with E-state index in [2.05, 4.69) is 15.4 Å². The van der Waals surface area contributed by atoms with Gasteiger partial charge < -0.3 is 15.0 Å². The molecule has 3 aromatic rings. The summed E-state index contributed by atoms with van der Waals surface area (Å²) in [6, 6.07) is 6.22. The Morgan fingerprint density at radius 2 is 1.97 bits per heavy atom. The zero-order chi connectivity index (χ0) is 23.9. The number of amides is 2. The third-order valence-electron chi connectivity index (χ3n) is 5.31. The van der Waals surface area contributed by atoms with Crippen LogP contribution >= 0.6 is 13.5 Å². The maximum atomic E-state index is 13.3. The topological polar surface area (TPSA) is 89.3 Å². The SMILES string of the molecule is COc1cc(N2C[C@H](C)n3ncc(C(=O)Nc4ccnc(C)c4)c3C2=O)ccc1C(F)(F)F.S. The number of benzene rings is 1. The molecule has 0 radical (unpaired) electrons. The number of alkyl halides is 3. The molecule has 1 atom stereocenters. The van der Waals surface area contributed by atoms with Crippen molar-refractivity contribution in [3.8, 4) is 5.75 Å². The molecule has 1 N–H and O–H groups in total. The summed E-state index contributed by atoms with van der Waals surface area (Å²) in [5, 5.41) is 6.92. The fraction of sp³-hybridized carbons (Fsp3) is 0.273. The number of pyridine rings is 1. The number of halogens is 3. The summed E-state index contributed by atoms with van der Waals surface area (Å²) in [5.74, 6) is -1.48. The number of aryl methyl sites for hydroxylation is 1. The van der Waals surface area contributed by atoms with Gasteiger partial charge in [0.2, 0.25) is 0 Å². The quantitative estimate of drug-likeness (QED) is 0.589. The Kier molecular flexibility index (Phi) is 6.92. The van der Waals surface area contributed by atoms with Gasteiger partial charge in [-0.25, -0.2) is 0 Å². The number of aromatic nitrogens is 3. The van der Waals surface area contributed by atoms with Gasteiger partial charge in [-0.05, 0) is 38.1 Å². The molecule has 2 aromatic heterocycles. The highest BCUT2D eigenvalue weighted by Crippen LogP contribution is 2.39. The minimum atomic E-state index is -4.60. The molecule has 0 aliphatic carbocycles. The summed E-state index contributed by atoms with van der Waals surface area (Å²) in [6.07, 6.45) is -1.74. The van der Waals surface area contributed by atoms with Crippen LogP contribution in [0.2, 0.25) is 0 Å². The Balaban J connectivity index is 0.00000324. The number of methoxy groups -OCH3 is 1. The van der Waals surface area contributed by atoms with Crippen LogP contribution in [0.1, 0.15) is 45.1 Å². The second-order valence-electron chi connectivity index (χ2n) is 7.64. The third kappa shape index (κ3) is 4.58. The van der Waals surface area contributed by atoms with Gasteiger partial charge in [0.15, 0.2) is 0 Å². The van der Waals surface area contributed by atoms with E-state index in [0.29, 0.717) is 11.4 Å². The van der Waals surface area contributed by atoms with Gasteiger partial charge in [0, 0.05) is 35.9 Å². The number of rotatable bonds is 4. The average molecular weight is 494 g/mol. The fourth-order valence-electron chi connectivity index (χ4n) is 3.75. The van der Waals surface area contributed by atoms with Crippen LogP contribution < -0.4 is 15.0 Å². The minimum Gasteiger partial charge on any atom is -0.496 e. The molecule has 180 valence electrons. The first-order valence-electron chi connectivity index (χ1n) is 9.98. The van der Waals surface area contributed by atoms with E-state index in [0.717, 1.165) is 13.2 Å². The van der Waals surface area contributed by atoms with Crippen molar-refractivity contribution in [1.29, 1.82) is 0 Å². The van der Waals surface area contributed by atoms with Gasteiger partial charge in [-0.2, -0.15) is 31.8 Å². The highest BCUT2D eigenvalue weighted by Gasteiger charge is 2.38. The Hall–Kier alpha value is -3.54. The van der Waals surface area contributed by atoms with Gasteiger partial charge in [-0.3, -0.25) is 19.3 Å². The molecule has 2 amide bonds. The van der Waals surface area contributed by atoms with Crippen molar-refractivity contribution >= 4 is 36.7 Å². The number of carbonyl (C=O) groups is 2. The molecule has 0 saturated heterocycles. The third-order valence-corrected chi connectivity index (χ3v) is 5.31. The van der Waals surface area contributed by atoms with E-state index in [9.17, 15) is 22.8 Å². The summed E-state index contributed by atoms with van der Waals surface area (Å²) in [7, 11) is 1.13. The van der Waals surface area contributed by atoms with Gasteiger partial charge >= 0.3 is 6.18 Å². The monoisotopic (exact) mass is 493 g/mol. The first kappa shape index (κ1) is 25.1. The lowest BCUT2D eigenvalue weighted by Crippen LogP contribution is -2.43. The van der Waals surface area contributed by atoms with E-state index in [-0.39, 0.29) is 43.0 Å². The lowest BCUT2D eigenvalue weighted by atomic mass is 10.1. The summed E-state index contributed by atoms with van der Waals surface area (Å²) < 4.78 is 46.1. The molecule has 12 heteroatoms. The van der Waals surface area contributed by atoms with E-state index in [1.807, 2.05) is 0 Å². The Bertz CT molecular complexity index is 1240. The molecule has 1 aromatic carbocycles. The van der Waals surface area contributed by atoms with Crippen LogP contribution in [0.25, 0.3) is 0 Å². The lowest BCUT2D eigenvalue weighted by Gasteiger charge is -2.32. The minimum absolute atomic E-state index is 0. The zero-order valence-electron chi connectivity index (χ0n) is 18.5. The molecule has 8 nitrogen and oxygen atoms in total. The van der Waals surface area contributed by atoms with Crippen molar-refractivity contribution in [3.05, 3.63) is 65.2 Å². The summed E-state index contributed by atoms with van der Waals surface area (Å²) in [5.41, 5.74) is 0.607. The Labute approximate surface area is 200 Å². The number of fused-ring (bicyclic) bond motifs is 1. The first-order valence-corrected chi connectivity index (χ1v) is 9.98. The summed E-state index contributed by atoms with van der Waals surface area (Å²) in [4.78, 5) is 31.6. The highest BCUT2D eigenvalue weighted by atomic mass is 32.1. The Morgan fingerprint density at radius 3 is 2.62 bits per heavy atom. The van der Waals surface area contributed by atoms with Crippen LogP contribution in [0.5, 0.6) is 5.75 Å². The molecular weight excluding hydrogens is 471 g/mol. The molecule has 0 spiro atoms. The predicted octanol–water partition coefficient (Wildman–Crippen LogP) is 4.20. The molecule has 3 heterocycles. The van der Waals surface area contributed by atoms with E-state index in [1.54, 1.807) is 32.2 Å². The van der Waals surface area contributed by atoms with Gasteiger partial charge in [-0.1, -0.05) is 0 Å². The van der Waals surface area contributed by atoms with Gasteiger partial charge in [0.05, 0.1) is 30.5 Å². The second kappa shape index (κ2) is 9.37. The van der Waals surface area contributed by atoms with Crippen molar-refractivity contribution in [2.24, 2.45) is 0 Å². The predicted molar refractivity (Wildman–Crippen MR) is 124 cm³/mol. The van der Waals surface area contributed by atoms with Crippen LogP contribution in [0.15, 0.2) is 42.7 Å². The van der Waals surface area contributed by atoms with E-state index in [1.165, 1.54) is 27.9 Å². The number of nitrogens with zero attached hydrogens (tertiary/aromatic N) is 4. The van der Waals surface area contributed by atoms with Crippen molar-refractivity contribution in [3.63, 3.8) is 0 Å². The Morgan fingerprint density at radius 1 is 1.24 bits per heavy atom. The van der Waals surface area contributed by atoms with Gasteiger partial charge in [-0.15, -0.1) is 0 Å². The molecule has 0 unspecified atom stereocenters. The molecule has 4 rings (SSSR count). The van der Waals surface area contributed by atoms with Crippen LogP contribution in [-0.4, -0.2) is 40.2 Å². The standard InChI is InChI=1S/C22H20F3N5O3.H2S/c1-12-8-14(6-7-26-12)28-20(31)16-10-27-30-13(2)11-29(21(32)19(16)30)15-4-5-17(22(23,24)25)18(9-15)33-3;/h4-10,13H,11H2,1-3H3,(H,26,28,31);1H2/t13-;/m0./s1. The van der Waals surface area contributed by atoms with Crippen LogP contribution in [-0.2, 0) is 6.18 Å². The van der Waals surface area contributed by atoms with Gasteiger partial charge in [0.25, 0.3) is 11.8 Å². The average Bonchev–Trinajstić information content (AvgIpc) is 3.21. The second-order valence-corrected chi connectivity index (χ2v) is 7.64. The zero-order valence-corrected chi connectivity index (χ0v) is 19.5. The summed E-state index contributed by atoms with van der Waals surface area (Å²) >= 11 is 0. The maximum absolute atomic E-state index is 13.3. The van der Waals surface area contributed by atoms with Crippen molar-refractivity contribution in [2.75, 3.05) is 23.9 Å². The molecule has 0 saturated carbocycles. The molecular formula is C22H22F3N5O3S. The summed E-state index contributed by atoms with van der Waals surface area (Å²) in [6.45, 7) is 3.73. The molecule has 1 aliphatic heterocycles. The lowest BCUT2D eigenvalue weighted by molar-refractivity contribution is -0.138. The van der Waals surface area contributed by atoms with E-state index < -0.39 is 29.3 Å². The molecule has 0 bridgehead atoms. The first-order chi connectivity index (χ1) is 15.6. The number of anilines is 2. The molecule has 34 heavy (non-hydrogen) atoms. The van der Waals surface area contributed by atoms with E-state index >= 15 is 0 Å². The number of ether oxygens (including phenoxy) is 1. The van der Waals surface area contributed by atoms with E-state index in [4.69, 9.17) is 4.74 Å². The van der Waals surface area contributed by atoms with Crippen LogP contribution in [0.3, 0.4) is 0 Å². The smallest absolute Gasteiger partial charge is 0.419 e. The number of nitrogens with one attached hydrogen (secondary N) is 1. The highest BCUT2D eigenvalue weighted by molar-refractivity contribution is 7.59. The van der Waals surface area contributed by atoms with Crippen LogP contribution in [0, 0.1) is 6.92 Å². The van der Waals surface area contributed by atoms with Crippen molar-refractivity contribution in [2.45, 2.75) is 26.1 Å². The van der Waals surface area contributed by atoms with Crippen LogP contribution in [0.4, 0.5) is 24.5 Å². The number of hydrogen-bond acceptors (Lipinski definition) is 5. The van der Waals surface area contributed by atoms with Gasteiger partial charge in [0.1, 0.15) is 11.4 Å². The fourth-order valence-corrected chi connectivity index (χ4v) is 3.75. The van der Waals surface area contributed by atoms with Crippen molar-refractivity contribution < 1.29 is 27.5 Å². The number of carbonyl (C=O) groups excluding carboxylic acids is 2. The molecule has 0 fully saturated rings. The van der Waals surface area contributed by atoms with Crippen molar-refractivity contribution in [1.82, 2.24) is 14.8 Å².